The molecule has 0 spiro atoms. The monoisotopic (exact) mass is 444 g/mol. The number of fused-ring (bicyclic) bond motifs is 2. The molecule has 0 bridgehead atoms. The lowest BCUT2D eigenvalue weighted by molar-refractivity contribution is 0.0961. The van der Waals surface area contributed by atoms with E-state index in [1.165, 1.54) is 18.8 Å². The average molecular weight is 444 g/mol. The topological polar surface area (TPSA) is 88.2 Å². The third kappa shape index (κ3) is 3.57. The second-order valence-corrected chi connectivity index (χ2v) is 8.03. The van der Waals surface area contributed by atoms with E-state index < -0.39 is 11.5 Å². The summed E-state index contributed by atoms with van der Waals surface area (Å²) in [5.41, 5.74) is 0.787. The lowest BCUT2D eigenvalue weighted by Gasteiger charge is -2.14. The van der Waals surface area contributed by atoms with E-state index in [-0.39, 0.29) is 0 Å². The zero-order valence-corrected chi connectivity index (χ0v) is 18.6. The molecule has 8 heteroatoms. The maximum absolute atomic E-state index is 13.8. The van der Waals surface area contributed by atoms with Crippen molar-refractivity contribution in [2.45, 2.75) is 32.2 Å². The smallest absolute Gasteiger partial charge is 0.269 e. The first-order valence-corrected chi connectivity index (χ1v) is 11.0. The molecule has 8 nitrogen and oxygen atoms in total. The summed E-state index contributed by atoms with van der Waals surface area (Å²) in [7, 11) is 3.04. The summed E-state index contributed by atoms with van der Waals surface area (Å²) >= 11 is 0. The van der Waals surface area contributed by atoms with Gasteiger partial charge in [0.2, 0.25) is 0 Å². The third-order valence-electron chi connectivity index (χ3n) is 6.09. The van der Waals surface area contributed by atoms with Crippen molar-refractivity contribution >= 4 is 16.8 Å². The number of nitrogens with zero attached hydrogens (tertiary/aromatic N) is 4. The molecular weight excluding hydrogens is 420 g/mol. The molecule has 4 aromatic rings. The molecule has 1 aliphatic heterocycles. The summed E-state index contributed by atoms with van der Waals surface area (Å²) in [6.45, 7) is 0.757. The Kier molecular flexibility index (Phi) is 5.42. The second-order valence-electron chi connectivity index (χ2n) is 8.03. The SMILES string of the molecule is COc1ccc(C(=O)n2c(=O)c(-c3nnc4n3CCCCC4)cc3ccccc32)cc1OC. The number of aryl methyl sites for hydroxylation is 1. The minimum absolute atomic E-state index is 0.317. The van der Waals surface area contributed by atoms with Crippen LogP contribution in [0.25, 0.3) is 22.3 Å². The summed E-state index contributed by atoms with van der Waals surface area (Å²) < 4.78 is 13.9. The molecule has 33 heavy (non-hydrogen) atoms. The van der Waals surface area contributed by atoms with Crippen LogP contribution in [-0.2, 0) is 13.0 Å². The second kappa shape index (κ2) is 8.54. The van der Waals surface area contributed by atoms with Crippen molar-refractivity contribution < 1.29 is 14.3 Å². The Labute approximate surface area is 190 Å². The highest BCUT2D eigenvalue weighted by Crippen LogP contribution is 2.29. The molecule has 5 rings (SSSR count). The van der Waals surface area contributed by atoms with Gasteiger partial charge in [-0.25, -0.2) is 4.57 Å². The van der Waals surface area contributed by atoms with E-state index in [1.807, 2.05) is 22.8 Å². The van der Waals surface area contributed by atoms with E-state index >= 15 is 0 Å². The molecule has 1 aliphatic rings. The largest absolute Gasteiger partial charge is 0.493 e. The summed E-state index contributed by atoms with van der Waals surface area (Å²) in [5.74, 6) is 1.87. The van der Waals surface area contributed by atoms with Gasteiger partial charge in [0.1, 0.15) is 5.82 Å². The van der Waals surface area contributed by atoms with E-state index in [4.69, 9.17) is 9.47 Å². The van der Waals surface area contributed by atoms with Gasteiger partial charge in [0.25, 0.3) is 11.5 Å². The van der Waals surface area contributed by atoms with Crippen LogP contribution in [-0.4, -0.2) is 39.5 Å². The van der Waals surface area contributed by atoms with Crippen molar-refractivity contribution in [1.29, 1.82) is 0 Å². The van der Waals surface area contributed by atoms with Crippen LogP contribution in [0.4, 0.5) is 0 Å². The Hall–Kier alpha value is -3.94. The van der Waals surface area contributed by atoms with Gasteiger partial charge in [-0.2, -0.15) is 0 Å². The Bertz CT molecular complexity index is 1420. The van der Waals surface area contributed by atoms with Gasteiger partial charge in [-0.15, -0.1) is 10.2 Å². The van der Waals surface area contributed by atoms with Crippen LogP contribution >= 0.6 is 0 Å². The average Bonchev–Trinajstić information content (AvgIpc) is 3.10. The molecule has 3 heterocycles. The van der Waals surface area contributed by atoms with Gasteiger partial charge < -0.3 is 14.0 Å². The lowest BCUT2D eigenvalue weighted by Crippen LogP contribution is -2.29. The molecule has 0 amide bonds. The van der Waals surface area contributed by atoms with Gasteiger partial charge in [0.15, 0.2) is 17.3 Å². The number of para-hydroxylation sites is 1. The van der Waals surface area contributed by atoms with Crippen molar-refractivity contribution in [3.05, 3.63) is 70.3 Å². The van der Waals surface area contributed by atoms with Crippen molar-refractivity contribution in [2.75, 3.05) is 14.2 Å². The molecule has 0 aliphatic carbocycles. The number of ether oxygens (including phenoxy) is 2. The zero-order valence-electron chi connectivity index (χ0n) is 18.6. The number of rotatable bonds is 4. The number of methoxy groups -OCH3 is 2. The maximum atomic E-state index is 13.8. The first-order chi connectivity index (χ1) is 16.1. The van der Waals surface area contributed by atoms with Gasteiger partial charge in [-0.1, -0.05) is 24.6 Å². The van der Waals surface area contributed by atoms with Crippen LogP contribution in [0.5, 0.6) is 11.5 Å². The van der Waals surface area contributed by atoms with Crippen molar-refractivity contribution in [3.8, 4) is 22.9 Å². The van der Waals surface area contributed by atoms with Crippen LogP contribution < -0.4 is 15.0 Å². The van der Waals surface area contributed by atoms with Crippen LogP contribution in [0.2, 0.25) is 0 Å². The number of carbonyl (C=O) groups is 1. The van der Waals surface area contributed by atoms with Crippen LogP contribution in [0.3, 0.4) is 0 Å². The summed E-state index contributed by atoms with van der Waals surface area (Å²) in [5, 5.41) is 9.46. The molecule has 2 aromatic heterocycles. The Morgan fingerprint density at radius 3 is 2.58 bits per heavy atom. The first kappa shape index (κ1) is 20.9. The third-order valence-corrected chi connectivity index (χ3v) is 6.09. The molecule has 0 N–H and O–H groups in total. The number of pyridine rings is 1. The molecule has 0 unspecified atom stereocenters. The standard InChI is InChI=1S/C25H24N4O4/c1-32-20-12-11-17(15-21(20)33-2)24(30)29-19-9-6-5-8-16(19)14-18(25(29)31)23-27-26-22-10-4-3-7-13-28(22)23/h5-6,8-9,11-12,14-15H,3-4,7,10,13H2,1-2H3. The Balaban J connectivity index is 1.72. The van der Waals surface area contributed by atoms with E-state index in [0.29, 0.717) is 34.0 Å². The van der Waals surface area contributed by atoms with Gasteiger partial charge in [-0.3, -0.25) is 9.59 Å². The van der Waals surface area contributed by atoms with E-state index in [2.05, 4.69) is 10.2 Å². The highest BCUT2D eigenvalue weighted by Gasteiger charge is 2.23. The fourth-order valence-electron chi connectivity index (χ4n) is 4.40. The van der Waals surface area contributed by atoms with Crippen LogP contribution in [0.15, 0.2) is 53.3 Å². The van der Waals surface area contributed by atoms with Gasteiger partial charge in [0, 0.05) is 18.5 Å². The van der Waals surface area contributed by atoms with E-state index in [9.17, 15) is 9.59 Å². The molecule has 0 saturated carbocycles. The molecule has 0 radical (unpaired) electrons. The molecule has 0 fully saturated rings. The quantitative estimate of drug-likeness (QED) is 0.477. The Morgan fingerprint density at radius 1 is 0.939 bits per heavy atom. The van der Waals surface area contributed by atoms with Crippen molar-refractivity contribution in [3.63, 3.8) is 0 Å². The van der Waals surface area contributed by atoms with Gasteiger partial charge in [0.05, 0.1) is 25.3 Å². The normalized spacial score (nSPS) is 13.4. The highest BCUT2D eigenvalue weighted by atomic mass is 16.5. The van der Waals surface area contributed by atoms with Gasteiger partial charge >= 0.3 is 0 Å². The minimum Gasteiger partial charge on any atom is -0.493 e. The van der Waals surface area contributed by atoms with Crippen LogP contribution in [0.1, 0.15) is 35.4 Å². The maximum Gasteiger partial charge on any atom is 0.269 e. The Morgan fingerprint density at radius 2 is 1.76 bits per heavy atom. The molecule has 168 valence electrons. The van der Waals surface area contributed by atoms with E-state index in [1.54, 1.807) is 30.3 Å². The number of benzene rings is 2. The molecule has 0 saturated heterocycles. The fraction of sp³-hybridized carbons (Fsp3) is 0.280. The van der Waals surface area contributed by atoms with E-state index in [0.717, 1.165) is 43.4 Å². The number of aromatic nitrogens is 4. The predicted molar refractivity (Wildman–Crippen MR) is 124 cm³/mol. The summed E-state index contributed by atoms with van der Waals surface area (Å²) in [6, 6.07) is 14.0. The summed E-state index contributed by atoms with van der Waals surface area (Å²) in [6.07, 6.45) is 4.00. The predicted octanol–water partition coefficient (Wildman–Crippen LogP) is 3.69. The minimum atomic E-state index is -0.449. The number of hydrogen-bond donors (Lipinski definition) is 0. The lowest BCUT2D eigenvalue weighted by atomic mass is 10.1. The van der Waals surface area contributed by atoms with Crippen molar-refractivity contribution in [1.82, 2.24) is 19.3 Å². The first-order valence-electron chi connectivity index (χ1n) is 11.0. The number of carbonyl (C=O) groups excluding carboxylic acids is 1. The highest BCUT2D eigenvalue weighted by molar-refractivity contribution is 6.02. The fourth-order valence-corrected chi connectivity index (χ4v) is 4.40. The van der Waals surface area contributed by atoms with Crippen molar-refractivity contribution in [2.24, 2.45) is 0 Å². The summed E-state index contributed by atoms with van der Waals surface area (Å²) in [4.78, 5) is 27.4. The van der Waals surface area contributed by atoms with Crippen LogP contribution in [0, 0.1) is 0 Å². The molecule has 0 atom stereocenters. The zero-order chi connectivity index (χ0) is 22.9. The molecule has 2 aromatic carbocycles. The van der Waals surface area contributed by atoms with Gasteiger partial charge in [-0.05, 0) is 48.6 Å². The number of hydrogen-bond acceptors (Lipinski definition) is 6. The molecular formula is C25H24N4O4.